The summed E-state index contributed by atoms with van der Waals surface area (Å²) in [5.74, 6) is 0.296. The van der Waals surface area contributed by atoms with E-state index in [1.807, 2.05) is 91.0 Å². The molecule has 2 aliphatic carbocycles. The van der Waals surface area contributed by atoms with Crippen molar-refractivity contribution in [3.63, 3.8) is 0 Å². The maximum absolute atomic E-state index is 15.9. The Morgan fingerprint density at radius 1 is 0.896 bits per heavy atom. The summed E-state index contributed by atoms with van der Waals surface area (Å²) in [6.45, 7) is 0.664. The molecule has 3 aliphatic rings. The van der Waals surface area contributed by atoms with Gasteiger partial charge in [0.05, 0.1) is 12.7 Å². The summed E-state index contributed by atoms with van der Waals surface area (Å²) in [4.78, 5) is 14.4. The highest BCUT2D eigenvalue weighted by Crippen LogP contribution is 2.44. The number of aryl methyl sites for hydroxylation is 2. The van der Waals surface area contributed by atoms with Crippen molar-refractivity contribution in [3.8, 4) is 5.88 Å². The molecule has 0 saturated heterocycles. The van der Waals surface area contributed by atoms with E-state index in [0.717, 1.165) is 54.5 Å². The van der Waals surface area contributed by atoms with Crippen LogP contribution in [0.2, 0.25) is 0 Å². The number of nitrogens with zero attached hydrogens (tertiary/aromatic N) is 3. The number of carbonyl (C=O) groups excluding carboxylic acids is 1. The molecule has 244 valence electrons. The molecule has 5 aromatic rings. The van der Waals surface area contributed by atoms with E-state index in [1.54, 1.807) is 11.8 Å². The first-order valence-electron chi connectivity index (χ1n) is 16.4. The molecule has 1 unspecified atom stereocenters. The number of carbonyl (C=O) groups is 1. The summed E-state index contributed by atoms with van der Waals surface area (Å²) < 4.78 is 37.4. The molecule has 1 aliphatic heterocycles. The first-order chi connectivity index (χ1) is 23.5. The third kappa shape index (κ3) is 5.16. The molecular formula is C38H37N5O4S. The molecule has 8 rings (SSSR count). The van der Waals surface area contributed by atoms with Gasteiger partial charge in [0.2, 0.25) is 5.88 Å². The molecule has 0 fully saturated rings. The molecule has 0 spiro atoms. The number of benzene rings is 4. The van der Waals surface area contributed by atoms with Gasteiger partial charge in [0.1, 0.15) is 23.1 Å². The Morgan fingerprint density at radius 3 is 2.08 bits per heavy atom. The van der Waals surface area contributed by atoms with E-state index >= 15 is 4.21 Å². The minimum absolute atomic E-state index is 0.200. The van der Waals surface area contributed by atoms with Crippen LogP contribution in [0.5, 0.6) is 5.88 Å². The Balaban J connectivity index is 1.34. The molecule has 2 amide bonds. The summed E-state index contributed by atoms with van der Waals surface area (Å²) in [6.07, 6.45) is 6.15. The smallest absolute Gasteiger partial charge is 0.331 e. The van der Waals surface area contributed by atoms with Crippen LogP contribution in [0.1, 0.15) is 45.4 Å². The quantitative estimate of drug-likeness (QED) is 0.187. The number of nitrogens with one attached hydrogen (secondary N) is 2. The van der Waals surface area contributed by atoms with Gasteiger partial charge >= 0.3 is 6.03 Å². The van der Waals surface area contributed by atoms with Gasteiger partial charge in [-0.05, 0) is 71.0 Å². The standard InChI is InChI=1S/C38H37N5O4S/c1-46-31-24-43-36(47-25-31)34(23-39-43)48(45,41-37(44)40-35-32-19-11-12-26(32)22-27-20-21-33(27)35)42-38(28-13-5-2-6-14-28,29-15-7-3-8-16-29)30-17-9-4-10-18-30/h2-10,13-18,22-23,31H,11-12,19-21,24-25H2,1H3,(H2,40,41,42,44,45)/t31-,48?/m0/s1. The second kappa shape index (κ2) is 12.3. The maximum atomic E-state index is 15.9. The predicted molar refractivity (Wildman–Crippen MR) is 185 cm³/mol. The van der Waals surface area contributed by atoms with Crippen LogP contribution in [-0.2, 0) is 52.4 Å². The van der Waals surface area contributed by atoms with E-state index in [0.29, 0.717) is 12.4 Å². The average Bonchev–Trinajstić information content (AvgIpc) is 3.77. The Kier molecular flexibility index (Phi) is 7.77. The molecule has 0 radical (unpaired) electrons. The van der Waals surface area contributed by atoms with Crippen LogP contribution in [0, 0.1) is 0 Å². The van der Waals surface area contributed by atoms with Crippen molar-refractivity contribution in [1.29, 1.82) is 0 Å². The lowest BCUT2D eigenvalue weighted by atomic mass is 9.78. The third-order valence-corrected chi connectivity index (χ3v) is 11.6. The van der Waals surface area contributed by atoms with Crippen molar-refractivity contribution in [2.75, 3.05) is 19.0 Å². The second-order valence-corrected chi connectivity index (χ2v) is 14.4. The fourth-order valence-corrected chi connectivity index (χ4v) is 9.11. The van der Waals surface area contributed by atoms with Gasteiger partial charge in [0.25, 0.3) is 0 Å². The molecular weight excluding hydrogens is 623 g/mol. The van der Waals surface area contributed by atoms with Gasteiger partial charge in [-0.25, -0.2) is 18.4 Å². The summed E-state index contributed by atoms with van der Waals surface area (Å²) in [5.41, 5.74) is 6.85. The lowest BCUT2D eigenvalue weighted by Crippen LogP contribution is -2.39. The van der Waals surface area contributed by atoms with Crippen LogP contribution in [0.15, 0.2) is 113 Å². The molecule has 2 atom stereocenters. The zero-order valence-electron chi connectivity index (χ0n) is 26.7. The van der Waals surface area contributed by atoms with Crippen LogP contribution in [0.4, 0.5) is 10.5 Å². The number of amides is 2. The Bertz CT molecular complexity index is 2010. The van der Waals surface area contributed by atoms with Crippen molar-refractivity contribution in [1.82, 2.24) is 14.5 Å². The number of anilines is 1. The fraction of sp³-hybridized carbons (Fsp3) is 0.263. The van der Waals surface area contributed by atoms with Gasteiger partial charge < -0.3 is 14.8 Å². The molecule has 1 aromatic heterocycles. The lowest BCUT2D eigenvalue weighted by molar-refractivity contribution is 0.0165. The number of aromatic nitrogens is 2. The highest BCUT2D eigenvalue weighted by atomic mass is 32.2. The van der Waals surface area contributed by atoms with E-state index in [1.165, 1.54) is 28.5 Å². The van der Waals surface area contributed by atoms with E-state index in [9.17, 15) is 4.79 Å². The van der Waals surface area contributed by atoms with Crippen LogP contribution in [0.25, 0.3) is 0 Å². The van der Waals surface area contributed by atoms with Crippen molar-refractivity contribution in [3.05, 3.63) is 142 Å². The molecule has 2 N–H and O–H groups in total. The summed E-state index contributed by atoms with van der Waals surface area (Å²) >= 11 is 0. The summed E-state index contributed by atoms with van der Waals surface area (Å²) in [5, 5.41) is 7.69. The number of methoxy groups -OCH3 is 1. The third-order valence-electron chi connectivity index (χ3n) is 9.73. The molecule has 0 bridgehead atoms. The number of urea groups is 1. The average molecular weight is 660 g/mol. The van der Waals surface area contributed by atoms with Crippen LogP contribution in [-0.4, -0.2) is 39.8 Å². The van der Waals surface area contributed by atoms with Crippen molar-refractivity contribution in [2.45, 2.75) is 55.2 Å². The molecule has 10 heteroatoms. The van der Waals surface area contributed by atoms with Gasteiger partial charge in [-0.3, -0.25) is 0 Å². The van der Waals surface area contributed by atoms with Gasteiger partial charge in [-0.1, -0.05) is 97.1 Å². The monoisotopic (exact) mass is 659 g/mol. The second-order valence-electron chi connectivity index (χ2n) is 12.5. The van der Waals surface area contributed by atoms with Crippen LogP contribution >= 0.6 is 0 Å². The SMILES string of the molecule is CO[C@@H]1COc2c(S(=O)(=NC(c3ccccc3)(c3ccccc3)c3ccccc3)NC(=O)Nc3c4c(cc5c3CC5)CCC4)cnn2C1. The zero-order valence-corrected chi connectivity index (χ0v) is 27.5. The molecule has 2 heterocycles. The minimum Gasteiger partial charge on any atom is -0.474 e. The number of rotatable bonds is 8. The van der Waals surface area contributed by atoms with Crippen molar-refractivity contribution >= 4 is 21.6 Å². The molecule has 0 saturated carbocycles. The first-order valence-corrected chi connectivity index (χ1v) is 17.9. The normalized spacial score (nSPS) is 17.5. The van der Waals surface area contributed by atoms with Gasteiger partial charge in [-0.2, -0.15) is 9.46 Å². The van der Waals surface area contributed by atoms with Crippen LogP contribution < -0.4 is 14.8 Å². The fourth-order valence-electron chi connectivity index (χ4n) is 7.26. The lowest BCUT2D eigenvalue weighted by Gasteiger charge is -2.33. The zero-order chi connectivity index (χ0) is 32.7. The number of hydrogen-bond acceptors (Lipinski definition) is 6. The molecule has 4 aromatic carbocycles. The largest absolute Gasteiger partial charge is 0.474 e. The molecule has 48 heavy (non-hydrogen) atoms. The highest BCUT2D eigenvalue weighted by molar-refractivity contribution is 7.92. The number of fused-ring (bicyclic) bond motifs is 3. The van der Waals surface area contributed by atoms with Crippen molar-refractivity contribution < 1.29 is 18.5 Å². The van der Waals surface area contributed by atoms with E-state index in [4.69, 9.17) is 13.8 Å². The summed E-state index contributed by atoms with van der Waals surface area (Å²) in [7, 11) is -2.20. The first kappa shape index (κ1) is 30.4. The Hall–Kier alpha value is -4.93. The van der Waals surface area contributed by atoms with Gasteiger partial charge in [-0.15, -0.1) is 0 Å². The Morgan fingerprint density at radius 2 is 1.50 bits per heavy atom. The highest BCUT2D eigenvalue weighted by Gasteiger charge is 2.41. The van der Waals surface area contributed by atoms with Gasteiger partial charge in [0.15, 0.2) is 9.92 Å². The van der Waals surface area contributed by atoms with Gasteiger partial charge in [0, 0.05) is 12.8 Å². The maximum Gasteiger partial charge on any atom is 0.331 e. The number of hydrogen-bond donors (Lipinski definition) is 2. The Labute approximate surface area is 280 Å². The predicted octanol–water partition coefficient (Wildman–Crippen LogP) is 6.43. The van der Waals surface area contributed by atoms with Crippen molar-refractivity contribution in [2.24, 2.45) is 4.36 Å². The minimum atomic E-state index is -3.82. The topological polar surface area (TPSA) is 107 Å². The number of ether oxygens (including phenoxy) is 2. The van der Waals surface area contributed by atoms with E-state index in [-0.39, 0.29) is 17.6 Å². The molecule has 9 nitrogen and oxygen atoms in total. The van der Waals surface area contributed by atoms with Crippen LogP contribution in [0.3, 0.4) is 0 Å². The summed E-state index contributed by atoms with van der Waals surface area (Å²) in [6, 6.07) is 31.0. The van der Waals surface area contributed by atoms with E-state index < -0.39 is 21.5 Å². The van der Waals surface area contributed by atoms with E-state index in [2.05, 4.69) is 21.2 Å².